The summed E-state index contributed by atoms with van der Waals surface area (Å²) in [7, 11) is 0. The Morgan fingerprint density at radius 2 is 2.44 bits per heavy atom. The van der Waals surface area contributed by atoms with E-state index in [0.717, 1.165) is 30.8 Å². The van der Waals surface area contributed by atoms with Gasteiger partial charge in [0, 0.05) is 30.9 Å². The number of rotatable bonds is 4. The number of nitrogens with zero attached hydrogens (tertiary/aromatic N) is 1. The van der Waals surface area contributed by atoms with Crippen LogP contribution in [0.4, 0.5) is 0 Å². The molecule has 0 spiro atoms. The molecule has 2 atom stereocenters. The summed E-state index contributed by atoms with van der Waals surface area (Å²) < 4.78 is 5.35. The second-order valence-corrected chi connectivity index (χ2v) is 6.17. The summed E-state index contributed by atoms with van der Waals surface area (Å²) in [5.74, 6) is 2.60. The number of aliphatic imine (C=N–C) groups is 1. The first kappa shape index (κ1) is 12.2. The van der Waals surface area contributed by atoms with Gasteiger partial charge in [-0.25, -0.2) is 0 Å². The molecule has 1 N–H and O–H groups in total. The van der Waals surface area contributed by atoms with Gasteiger partial charge in [-0.15, -0.1) is 0 Å². The maximum absolute atomic E-state index is 5.35. The van der Waals surface area contributed by atoms with Gasteiger partial charge in [-0.2, -0.15) is 0 Å². The summed E-state index contributed by atoms with van der Waals surface area (Å²) in [6, 6.07) is 0.628. The Morgan fingerprint density at radius 3 is 3.12 bits per heavy atom. The standard InChI is InChI=1S/C12H22N2OS/c1-9(2)5-11-8-16-12(14-11)13-6-10-3-4-15-7-10/h9-11H,3-8H2,1-2H3,(H,13,14). The normalized spacial score (nSPS) is 32.6. The van der Waals surface area contributed by atoms with Gasteiger partial charge in [0.05, 0.1) is 6.61 Å². The highest BCUT2D eigenvalue weighted by atomic mass is 32.2. The Kier molecular flexibility index (Phi) is 4.53. The maximum Gasteiger partial charge on any atom is 0.156 e. The van der Waals surface area contributed by atoms with E-state index in [1.54, 1.807) is 0 Å². The summed E-state index contributed by atoms with van der Waals surface area (Å²) in [6.45, 7) is 7.31. The number of thioether (sulfide) groups is 1. The van der Waals surface area contributed by atoms with Crippen molar-refractivity contribution in [3.63, 3.8) is 0 Å². The first-order valence-corrected chi connectivity index (χ1v) is 7.24. The minimum absolute atomic E-state index is 0.628. The summed E-state index contributed by atoms with van der Waals surface area (Å²) in [5.41, 5.74) is 0. The van der Waals surface area contributed by atoms with Gasteiger partial charge in [-0.1, -0.05) is 25.6 Å². The zero-order valence-electron chi connectivity index (χ0n) is 10.2. The van der Waals surface area contributed by atoms with E-state index in [1.807, 2.05) is 11.8 Å². The predicted molar refractivity (Wildman–Crippen MR) is 70.1 cm³/mol. The maximum atomic E-state index is 5.35. The van der Waals surface area contributed by atoms with Crippen molar-refractivity contribution in [2.45, 2.75) is 32.7 Å². The number of hydrogen-bond donors (Lipinski definition) is 1. The third-order valence-corrected chi connectivity index (χ3v) is 4.11. The van der Waals surface area contributed by atoms with Crippen molar-refractivity contribution in [2.24, 2.45) is 16.8 Å². The quantitative estimate of drug-likeness (QED) is 0.820. The lowest BCUT2D eigenvalue weighted by Crippen LogP contribution is -2.28. The van der Waals surface area contributed by atoms with E-state index in [4.69, 9.17) is 4.74 Å². The minimum atomic E-state index is 0.628. The second-order valence-electron chi connectivity index (χ2n) is 5.16. The molecule has 92 valence electrons. The molecule has 2 aliphatic rings. The van der Waals surface area contributed by atoms with Gasteiger partial charge < -0.3 is 10.1 Å². The van der Waals surface area contributed by atoms with Crippen LogP contribution in [0.5, 0.6) is 0 Å². The molecule has 2 rings (SSSR count). The van der Waals surface area contributed by atoms with E-state index in [-0.39, 0.29) is 0 Å². The Bertz CT molecular complexity index is 249. The second kappa shape index (κ2) is 5.92. The van der Waals surface area contributed by atoms with Crippen LogP contribution in [0, 0.1) is 11.8 Å². The lowest BCUT2D eigenvalue weighted by atomic mass is 10.1. The fourth-order valence-electron chi connectivity index (χ4n) is 2.16. The zero-order valence-corrected chi connectivity index (χ0v) is 11.1. The molecule has 0 aromatic carbocycles. The fraction of sp³-hybridized carbons (Fsp3) is 0.917. The zero-order chi connectivity index (χ0) is 11.4. The Morgan fingerprint density at radius 1 is 1.56 bits per heavy atom. The highest BCUT2D eigenvalue weighted by Crippen LogP contribution is 2.20. The molecule has 3 nitrogen and oxygen atoms in total. The van der Waals surface area contributed by atoms with Crippen LogP contribution in [-0.4, -0.2) is 36.7 Å². The van der Waals surface area contributed by atoms with Crippen LogP contribution in [0.1, 0.15) is 26.7 Å². The van der Waals surface area contributed by atoms with Crippen LogP contribution in [0.15, 0.2) is 4.99 Å². The highest BCUT2D eigenvalue weighted by Gasteiger charge is 2.21. The topological polar surface area (TPSA) is 33.6 Å². The molecule has 0 radical (unpaired) electrons. The summed E-state index contributed by atoms with van der Waals surface area (Å²) in [5, 5.41) is 4.67. The van der Waals surface area contributed by atoms with Gasteiger partial charge in [-0.3, -0.25) is 4.99 Å². The van der Waals surface area contributed by atoms with Crippen molar-refractivity contribution in [3.05, 3.63) is 0 Å². The molecule has 2 heterocycles. The summed E-state index contributed by atoms with van der Waals surface area (Å²) in [4.78, 5) is 4.65. The predicted octanol–water partition coefficient (Wildman–Crippen LogP) is 2.13. The van der Waals surface area contributed by atoms with E-state index in [2.05, 4.69) is 24.2 Å². The average molecular weight is 242 g/mol. The molecule has 16 heavy (non-hydrogen) atoms. The SMILES string of the molecule is CC(C)CC1CSC(=NCC2CCOC2)N1. The van der Waals surface area contributed by atoms with E-state index in [0.29, 0.717) is 12.0 Å². The van der Waals surface area contributed by atoms with Crippen molar-refractivity contribution in [3.8, 4) is 0 Å². The van der Waals surface area contributed by atoms with Crippen molar-refractivity contribution in [1.29, 1.82) is 0 Å². The molecular weight excluding hydrogens is 220 g/mol. The molecule has 0 saturated carbocycles. The van der Waals surface area contributed by atoms with Gasteiger partial charge in [0.15, 0.2) is 5.17 Å². The Labute approximate surface area is 102 Å². The summed E-state index contributed by atoms with van der Waals surface area (Å²) >= 11 is 1.87. The van der Waals surface area contributed by atoms with Crippen LogP contribution in [0.3, 0.4) is 0 Å². The van der Waals surface area contributed by atoms with Gasteiger partial charge in [0.2, 0.25) is 0 Å². The van der Waals surface area contributed by atoms with Crippen molar-refractivity contribution in [2.75, 3.05) is 25.5 Å². The molecule has 2 fully saturated rings. The van der Waals surface area contributed by atoms with Crippen molar-refractivity contribution < 1.29 is 4.74 Å². The van der Waals surface area contributed by atoms with Crippen LogP contribution in [0.25, 0.3) is 0 Å². The van der Waals surface area contributed by atoms with Gasteiger partial charge >= 0.3 is 0 Å². The molecule has 2 aliphatic heterocycles. The fourth-order valence-corrected chi connectivity index (χ4v) is 3.16. The van der Waals surface area contributed by atoms with Gasteiger partial charge in [0.25, 0.3) is 0 Å². The largest absolute Gasteiger partial charge is 0.381 e. The number of nitrogens with one attached hydrogen (secondary N) is 1. The lowest BCUT2D eigenvalue weighted by molar-refractivity contribution is 0.187. The van der Waals surface area contributed by atoms with Crippen LogP contribution in [-0.2, 0) is 4.74 Å². The van der Waals surface area contributed by atoms with E-state index < -0.39 is 0 Å². The lowest BCUT2D eigenvalue weighted by Gasteiger charge is -2.12. The molecule has 0 amide bonds. The van der Waals surface area contributed by atoms with Crippen LogP contribution in [0.2, 0.25) is 0 Å². The van der Waals surface area contributed by atoms with Crippen LogP contribution >= 0.6 is 11.8 Å². The summed E-state index contributed by atoms with van der Waals surface area (Å²) in [6.07, 6.45) is 2.43. The van der Waals surface area contributed by atoms with Gasteiger partial charge in [-0.05, 0) is 18.8 Å². The van der Waals surface area contributed by atoms with E-state index in [9.17, 15) is 0 Å². The molecule has 0 aliphatic carbocycles. The molecule has 2 unspecified atom stereocenters. The highest BCUT2D eigenvalue weighted by molar-refractivity contribution is 8.14. The molecular formula is C12H22N2OS. The molecule has 2 saturated heterocycles. The number of hydrogen-bond acceptors (Lipinski definition) is 3. The third kappa shape index (κ3) is 3.67. The Balaban J connectivity index is 1.72. The average Bonchev–Trinajstić information content (AvgIpc) is 2.84. The Hall–Kier alpha value is -0.220. The van der Waals surface area contributed by atoms with Crippen molar-refractivity contribution >= 4 is 16.9 Å². The van der Waals surface area contributed by atoms with E-state index >= 15 is 0 Å². The first-order chi connectivity index (χ1) is 7.74. The number of amidine groups is 1. The van der Waals surface area contributed by atoms with Gasteiger partial charge in [0.1, 0.15) is 0 Å². The third-order valence-electron chi connectivity index (χ3n) is 3.02. The molecule has 0 aromatic rings. The van der Waals surface area contributed by atoms with Crippen molar-refractivity contribution in [1.82, 2.24) is 5.32 Å². The van der Waals surface area contributed by atoms with Crippen LogP contribution < -0.4 is 5.32 Å². The molecule has 0 aromatic heterocycles. The first-order valence-electron chi connectivity index (χ1n) is 6.25. The smallest absolute Gasteiger partial charge is 0.156 e. The molecule has 0 bridgehead atoms. The minimum Gasteiger partial charge on any atom is -0.381 e. The molecule has 4 heteroatoms. The monoisotopic (exact) mass is 242 g/mol. The van der Waals surface area contributed by atoms with E-state index in [1.165, 1.54) is 18.6 Å². The number of ether oxygens (including phenoxy) is 1.